The van der Waals surface area contributed by atoms with Gasteiger partial charge in [0.1, 0.15) is 5.60 Å². The van der Waals surface area contributed by atoms with E-state index in [0.29, 0.717) is 0 Å². The van der Waals surface area contributed by atoms with Crippen molar-refractivity contribution in [3.8, 4) is 0 Å². The van der Waals surface area contributed by atoms with Gasteiger partial charge in [0, 0.05) is 0 Å². The highest BCUT2D eigenvalue weighted by atomic mass is 28.3. The van der Waals surface area contributed by atoms with E-state index in [1.165, 1.54) is 0 Å². The fraction of sp³-hybridized carbons (Fsp3) is 0.889. The Labute approximate surface area is 77.0 Å². The molecule has 0 spiro atoms. The summed E-state index contributed by atoms with van der Waals surface area (Å²) in [6.07, 6.45) is 0.931. The van der Waals surface area contributed by atoms with Crippen LogP contribution in [-0.2, 0) is 9.22 Å². The van der Waals surface area contributed by atoms with Crippen LogP contribution < -0.4 is 0 Å². The minimum absolute atomic E-state index is 0.119. The Hall–Kier alpha value is -0.153. The van der Waals surface area contributed by atoms with Crippen LogP contribution in [-0.4, -0.2) is 20.9 Å². The molecule has 0 aromatic carbocycles. The predicted octanol–water partition coefficient (Wildman–Crippen LogP) is 1.99. The zero-order valence-corrected chi connectivity index (χ0v) is 10.1. The van der Waals surface area contributed by atoms with Crippen LogP contribution in [0.25, 0.3) is 0 Å². The summed E-state index contributed by atoms with van der Waals surface area (Å²) in [7, 11) is -1.14. The van der Waals surface area contributed by atoms with E-state index in [2.05, 4.69) is 13.1 Å². The van der Waals surface area contributed by atoms with Crippen LogP contribution in [0, 0.1) is 5.41 Å². The van der Waals surface area contributed by atoms with Gasteiger partial charge in [-0.2, -0.15) is 0 Å². The highest BCUT2D eigenvalue weighted by Crippen LogP contribution is 2.32. The van der Waals surface area contributed by atoms with Crippen molar-refractivity contribution >= 4 is 15.3 Å². The Kier molecular flexibility index (Phi) is 3.66. The summed E-state index contributed by atoms with van der Waals surface area (Å²) in [5.74, 6) is 0. The second-order valence-electron chi connectivity index (χ2n) is 4.64. The van der Waals surface area contributed by atoms with Crippen LogP contribution in [0.3, 0.4) is 0 Å². The van der Waals surface area contributed by atoms with Gasteiger partial charge in [-0.3, -0.25) is 0 Å². The lowest BCUT2D eigenvalue weighted by atomic mass is 9.79. The maximum Gasteiger partial charge on any atom is 0.172 e. The Balaban J connectivity index is 4.57. The average Bonchev–Trinajstić information content (AvgIpc) is 1.83. The van der Waals surface area contributed by atoms with E-state index in [1.807, 2.05) is 27.7 Å². The highest BCUT2D eigenvalue weighted by Gasteiger charge is 2.38. The van der Waals surface area contributed by atoms with Crippen molar-refractivity contribution in [1.29, 1.82) is 0 Å². The molecule has 2 nitrogen and oxygen atoms in total. The summed E-state index contributed by atoms with van der Waals surface area (Å²) in [5, 5.41) is 0. The van der Waals surface area contributed by atoms with E-state index in [4.69, 9.17) is 4.43 Å². The zero-order valence-electron chi connectivity index (χ0n) is 8.97. The maximum atomic E-state index is 10.9. The summed E-state index contributed by atoms with van der Waals surface area (Å²) < 4.78 is 5.72. The van der Waals surface area contributed by atoms with Gasteiger partial charge in [0.2, 0.25) is 0 Å². The number of carbonyl (C=O) groups excluding carboxylic acids is 1. The molecule has 0 aromatic heterocycles. The Morgan fingerprint density at radius 1 is 1.17 bits per heavy atom. The molecule has 0 saturated carbocycles. The van der Waals surface area contributed by atoms with Gasteiger partial charge in [-0.05, 0) is 25.4 Å². The van der Waals surface area contributed by atoms with E-state index in [9.17, 15) is 4.79 Å². The third-order valence-electron chi connectivity index (χ3n) is 2.19. The minimum atomic E-state index is -1.14. The number of hydrogen-bond donors (Lipinski definition) is 0. The van der Waals surface area contributed by atoms with Crippen molar-refractivity contribution in [3.63, 3.8) is 0 Å². The van der Waals surface area contributed by atoms with E-state index >= 15 is 0 Å². The molecule has 0 aliphatic heterocycles. The Morgan fingerprint density at radius 2 is 1.58 bits per heavy atom. The minimum Gasteiger partial charge on any atom is -0.408 e. The fourth-order valence-electron chi connectivity index (χ4n) is 0.871. The Morgan fingerprint density at radius 3 is 1.67 bits per heavy atom. The SMILES string of the molecule is C[SiH](C)O[C@@](C)(C=O)C(C)(C)C. The molecule has 0 unspecified atom stereocenters. The first-order valence-electron chi connectivity index (χ1n) is 4.37. The molecule has 0 bridgehead atoms. The molecule has 72 valence electrons. The van der Waals surface area contributed by atoms with Gasteiger partial charge >= 0.3 is 0 Å². The monoisotopic (exact) mass is 188 g/mol. The smallest absolute Gasteiger partial charge is 0.172 e. The molecule has 0 rings (SSSR count). The van der Waals surface area contributed by atoms with Crippen LogP contribution in [0.4, 0.5) is 0 Å². The molecule has 1 atom stereocenters. The molecule has 0 saturated heterocycles. The molecular formula is C9H20O2Si. The average molecular weight is 188 g/mol. The van der Waals surface area contributed by atoms with Crippen molar-refractivity contribution in [2.75, 3.05) is 0 Å². The topological polar surface area (TPSA) is 26.3 Å². The second-order valence-corrected chi connectivity index (χ2v) is 6.97. The Bertz CT molecular complexity index is 160. The van der Waals surface area contributed by atoms with Gasteiger partial charge < -0.3 is 9.22 Å². The third kappa shape index (κ3) is 2.72. The second kappa shape index (κ2) is 3.71. The van der Waals surface area contributed by atoms with Crippen molar-refractivity contribution in [2.24, 2.45) is 5.41 Å². The molecule has 0 amide bonds. The van der Waals surface area contributed by atoms with E-state index in [0.717, 1.165) is 6.29 Å². The lowest BCUT2D eigenvalue weighted by Gasteiger charge is -2.38. The maximum absolute atomic E-state index is 10.9. The van der Waals surface area contributed by atoms with Crippen LogP contribution >= 0.6 is 0 Å². The van der Waals surface area contributed by atoms with E-state index in [-0.39, 0.29) is 5.41 Å². The summed E-state index contributed by atoms with van der Waals surface area (Å²) in [5.41, 5.74) is -0.737. The first kappa shape index (κ1) is 11.8. The normalized spacial score (nSPS) is 17.6. The molecule has 0 aliphatic carbocycles. The first-order chi connectivity index (χ1) is 5.23. The van der Waals surface area contributed by atoms with Crippen LogP contribution in [0.1, 0.15) is 27.7 Å². The zero-order chi connectivity index (χ0) is 9.99. The lowest BCUT2D eigenvalue weighted by molar-refractivity contribution is -0.129. The number of rotatable bonds is 3. The molecule has 0 aromatic rings. The summed E-state index contributed by atoms with van der Waals surface area (Å²) in [6.45, 7) is 12.1. The molecule has 0 fully saturated rings. The number of aldehydes is 1. The van der Waals surface area contributed by atoms with Crippen molar-refractivity contribution in [3.05, 3.63) is 0 Å². The van der Waals surface area contributed by atoms with Gasteiger partial charge in [0.25, 0.3) is 0 Å². The van der Waals surface area contributed by atoms with Gasteiger partial charge in [0.15, 0.2) is 15.3 Å². The van der Waals surface area contributed by atoms with E-state index in [1.54, 1.807) is 0 Å². The standard InChI is InChI=1S/C9H20O2Si/c1-8(2,3)9(4,7-10)11-12(5)6/h7,12H,1-6H3/t9-/m0/s1. The first-order valence-corrected chi connectivity index (χ1v) is 7.15. The third-order valence-corrected chi connectivity index (χ3v) is 3.16. The lowest BCUT2D eigenvalue weighted by Crippen LogP contribution is -2.46. The van der Waals surface area contributed by atoms with Gasteiger partial charge in [-0.1, -0.05) is 20.8 Å². The van der Waals surface area contributed by atoms with Crippen LogP contribution in [0.15, 0.2) is 0 Å². The predicted molar refractivity (Wildman–Crippen MR) is 53.9 cm³/mol. The molecular weight excluding hydrogens is 168 g/mol. The highest BCUT2D eigenvalue weighted by molar-refractivity contribution is 6.48. The molecule has 0 radical (unpaired) electrons. The van der Waals surface area contributed by atoms with Gasteiger partial charge in [-0.15, -0.1) is 0 Å². The molecule has 0 heterocycles. The largest absolute Gasteiger partial charge is 0.408 e. The molecule has 12 heavy (non-hydrogen) atoms. The van der Waals surface area contributed by atoms with Crippen LogP contribution in [0.2, 0.25) is 13.1 Å². The molecule has 3 heteroatoms. The number of carbonyl (C=O) groups is 1. The number of hydrogen-bond acceptors (Lipinski definition) is 2. The quantitative estimate of drug-likeness (QED) is 0.500. The molecule has 0 aliphatic rings. The fourth-order valence-corrected chi connectivity index (χ4v) is 2.26. The van der Waals surface area contributed by atoms with Crippen LogP contribution in [0.5, 0.6) is 0 Å². The molecule has 0 N–H and O–H groups in total. The van der Waals surface area contributed by atoms with Crippen molar-refractivity contribution in [1.82, 2.24) is 0 Å². The van der Waals surface area contributed by atoms with E-state index < -0.39 is 14.6 Å². The summed E-state index contributed by atoms with van der Waals surface area (Å²) >= 11 is 0. The van der Waals surface area contributed by atoms with Gasteiger partial charge in [-0.25, -0.2) is 0 Å². The summed E-state index contributed by atoms with van der Waals surface area (Å²) in [4.78, 5) is 10.9. The van der Waals surface area contributed by atoms with Crippen molar-refractivity contribution < 1.29 is 9.22 Å². The van der Waals surface area contributed by atoms with Gasteiger partial charge in [0.05, 0.1) is 0 Å². The summed E-state index contributed by atoms with van der Waals surface area (Å²) in [6, 6.07) is 0. The van der Waals surface area contributed by atoms with Crippen molar-refractivity contribution in [2.45, 2.75) is 46.4 Å².